The maximum absolute atomic E-state index is 12.0. The van der Waals surface area contributed by atoms with Gasteiger partial charge in [-0.3, -0.25) is 9.88 Å². The lowest BCUT2D eigenvalue weighted by atomic mass is 9.96. The Labute approximate surface area is 102 Å². The number of urea groups is 1. The molecule has 17 heavy (non-hydrogen) atoms. The molecule has 4 nitrogen and oxygen atoms in total. The number of aromatic nitrogens is 1. The lowest BCUT2D eigenvalue weighted by Gasteiger charge is -2.26. The zero-order chi connectivity index (χ0) is 12.1. The third-order valence-corrected chi connectivity index (χ3v) is 3.27. The summed E-state index contributed by atoms with van der Waals surface area (Å²) in [5.41, 5.74) is 0.820. The van der Waals surface area contributed by atoms with Crippen LogP contribution < -0.4 is 10.2 Å². The first-order valence-electron chi connectivity index (χ1n) is 6.21. The average molecular weight is 233 g/mol. The minimum absolute atomic E-state index is 0.0371. The molecule has 4 heteroatoms. The van der Waals surface area contributed by atoms with E-state index >= 15 is 0 Å². The Bertz CT molecular complexity index is 360. The standard InChI is InChI=1S/C13H19N3O/c1-16(12-8-5-9-14-10-12)13(17)15-11-6-3-2-4-7-11/h5,8-11H,2-4,6-7H2,1H3,(H,15,17). The average Bonchev–Trinajstić information content (AvgIpc) is 2.40. The molecule has 0 bridgehead atoms. The van der Waals surface area contributed by atoms with Gasteiger partial charge in [-0.25, -0.2) is 4.79 Å². The molecule has 1 N–H and O–H groups in total. The lowest BCUT2D eigenvalue weighted by Crippen LogP contribution is -2.43. The molecule has 1 saturated carbocycles. The number of rotatable bonds is 2. The van der Waals surface area contributed by atoms with Crippen LogP contribution >= 0.6 is 0 Å². The highest BCUT2D eigenvalue weighted by atomic mass is 16.2. The van der Waals surface area contributed by atoms with E-state index in [2.05, 4.69) is 10.3 Å². The third kappa shape index (κ3) is 3.19. The highest BCUT2D eigenvalue weighted by Crippen LogP contribution is 2.18. The predicted octanol–water partition coefficient (Wildman–Crippen LogP) is 2.56. The summed E-state index contributed by atoms with van der Waals surface area (Å²) in [4.78, 5) is 17.6. The number of nitrogens with zero attached hydrogens (tertiary/aromatic N) is 2. The molecule has 0 atom stereocenters. The smallest absolute Gasteiger partial charge is 0.321 e. The van der Waals surface area contributed by atoms with Gasteiger partial charge in [-0.2, -0.15) is 0 Å². The largest absolute Gasteiger partial charge is 0.335 e. The van der Waals surface area contributed by atoms with Gasteiger partial charge in [0.1, 0.15) is 0 Å². The van der Waals surface area contributed by atoms with Crippen molar-refractivity contribution in [1.29, 1.82) is 0 Å². The molecular formula is C13H19N3O. The van der Waals surface area contributed by atoms with Crippen LogP contribution in [0.3, 0.4) is 0 Å². The number of carbonyl (C=O) groups excluding carboxylic acids is 1. The van der Waals surface area contributed by atoms with Crippen molar-refractivity contribution in [3.05, 3.63) is 24.5 Å². The molecule has 1 aromatic heterocycles. The van der Waals surface area contributed by atoms with Crippen LogP contribution in [0.15, 0.2) is 24.5 Å². The molecule has 1 aliphatic carbocycles. The first-order valence-corrected chi connectivity index (χ1v) is 6.21. The Morgan fingerprint density at radius 3 is 2.82 bits per heavy atom. The van der Waals surface area contributed by atoms with Crippen LogP contribution in [0, 0.1) is 0 Å². The van der Waals surface area contributed by atoms with Crippen molar-refractivity contribution in [2.75, 3.05) is 11.9 Å². The SMILES string of the molecule is CN(C(=O)NC1CCCCC1)c1cccnc1. The van der Waals surface area contributed by atoms with Gasteiger partial charge < -0.3 is 5.32 Å². The van der Waals surface area contributed by atoms with Gasteiger partial charge in [0, 0.05) is 19.3 Å². The van der Waals surface area contributed by atoms with E-state index in [1.54, 1.807) is 24.3 Å². The van der Waals surface area contributed by atoms with Crippen LogP contribution in [-0.2, 0) is 0 Å². The van der Waals surface area contributed by atoms with Crippen LogP contribution in [0.5, 0.6) is 0 Å². The number of carbonyl (C=O) groups is 1. The molecule has 1 aliphatic rings. The molecule has 1 aromatic rings. The Hall–Kier alpha value is -1.58. The zero-order valence-corrected chi connectivity index (χ0v) is 10.2. The van der Waals surface area contributed by atoms with E-state index in [-0.39, 0.29) is 6.03 Å². The van der Waals surface area contributed by atoms with Gasteiger partial charge >= 0.3 is 6.03 Å². The minimum Gasteiger partial charge on any atom is -0.335 e. The zero-order valence-electron chi connectivity index (χ0n) is 10.2. The highest BCUT2D eigenvalue weighted by Gasteiger charge is 2.18. The molecule has 0 aliphatic heterocycles. The quantitative estimate of drug-likeness (QED) is 0.853. The fraction of sp³-hybridized carbons (Fsp3) is 0.538. The first kappa shape index (κ1) is 11.9. The molecule has 1 heterocycles. The first-order chi connectivity index (χ1) is 8.27. The predicted molar refractivity (Wildman–Crippen MR) is 68.0 cm³/mol. The van der Waals surface area contributed by atoms with Crippen LogP contribution in [0.25, 0.3) is 0 Å². The Morgan fingerprint density at radius 1 is 1.41 bits per heavy atom. The minimum atomic E-state index is -0.0371. The van der Waals surface area contributed by atoms with Gasteiger partial charge in [0.2, 0.25) is 0 Å². The molecule has 0 spiro atoms. The summed E-state index contributed by atoms with van der Waals surface area (Å²) in [6, 6.07) is 4.02. The molecule has 0 saturated heterocycles. The molecule has 0 radical (unpaired) electrons. The van der Waals surface area contributed by atoms with Gasteiger partial charge in [-0.1, -0.05) is 19.3 Å². The molecular weight excluding hydrogens is 214 g/mol. The Kier molecular flexibility index (Phi) is 3.96. The third-order valence-electron chi connectivity index (χ3n) is 3.27. The van der Waals surface area contributed by atoms with E-state index in [0.29, 0.717) is 6.04 Å². The van der Waals surface area contributed by atoms with Crippen LogP contribution in [-0.4, -0.2) is 24.1 Å². The molecule has 1 fully saturated rings. The number of anilines is 1. The van der Waals surface area contributed by atoms with Crippen molar-refractivity contribution in [3.8, 4) is 0 Å². The molecule has 2 rings (SSSR count). The summed E-state index contributed by atoms with van der Waals surface area (Å²) < 4.78 is 0. The van der Waals surface area contributed by atoms with Crippen molar-refractivity contribution in [2.45, 2.75) is 38.1 Å². The molecule has 0 unspecified atom stereocenters. The Morgan fingerprint density at radius 2 is 2.18 bits per heavy atom. The number of hydrogen-bond acceptors (Lipinski definition) is 2. The van der Waals surface area contributed by atoms with Crippen LogP contribution in [0.4, 0.5) is 10.5 Å². The number of amides is 2. The van der Waals surface area contributed by atoms with Gasteiger partial charge in [-0.05, 0) is 25.0 Å². The summed E-state index contributed by atoms with van der Waals surface area (Å²) in [5.74, 6) is 0. The summed E-state index contributed by atoms with van der Waals surface area (Å²) >= 11 is 0. The monoisotopic (exact) mass is 233 g/mol. The van der Waals surface area contributed by atoms with Crippen molar-refractivity contribution < 1.29 is 4.79 Å². The van der Waals surface area contributed by atoms with Crippen molar-refractivity contribution >= 4 is 11.7 Å². The highest BCUT2D eigenvalue weighted by molar-refractivity contribution is 5.91. The summed E-state index contributed by atoms with van der Waals surface area (Å²) in [7, 11) is 1.77. The normalized spacial score (nSPS) is 16.5. The van der Waals surface area contributed by atoms with Crippen molar-refractivity contribution in [3.63, 3.8) is 0 Å². The molecule has 2 amide bonds. The fourth-order valence-electron chi connectivity index (χ4n) is 2.19. The van der Waals surface area contributed by atoms with E-state index < -0.39 is 0 Å². The van der Waals surface area contributed by atoms with Crippen molar-refractivity contribution in [2.24, 2.45) is 0 Å². The maximum Gasteiger partial charge on any atom is 0.321 e. The topological polar surface area (TPSA) is 45.2 Å². The summed E-state index contributed by atoms with van der Waals surface area (Å²) in [5, 5.41) is 3.08. The number of hydrogen-bond donors (Lipinski definition) is 1. The number of nitrogens with one attached hydrogen (secondary N) is 1. The van der Waals surface area contributed by atoms with Gasteiger partial charge in [0.25, 0.3) is 0 Å². The second-order valence-electron chi connectivity index (χ2n) is 4.55. The number of pyridine rings is 1. The summed E-state index contributed by atoms with van der Waals surface area (Å²) in [6.07, 6.45) is 9.35. The van der Waals surface area contributed by atoms with E-state index in [4.69, 9.17) is 0 Å². The molecule has 0 aromatic carbocycles. The second-order valence-corrected chi connectivity index (χ2v) is 4.55. The van der Waals surface area contributed by atoms with E-state index in [1.807, 2.05) is 12.1 Å². The molecule has 92 valence electrons. The van der Waals surface area contributed by atoms with Gasteiger partial charge in [-0.15, -0.1) is 0 Å². The van der Waals surface area contributed by atoms with Crippen LogP contribution in [0.1, 0.15) is 32.1 Å². The van der Waals surface area contributed by atoms with Gasteiger partial charge in [0.15, 0.2) is 0 Å². The lowest BCUT2D eigenvalue weighted by molar-refractivity contribution is 0.239. The van der Waals surface area contributed by atoms with Gasteiger partial charge in [0.05, 0.1) is 11.9 Å². The Balaban J connectivity index is 1.91. The summed E-state index contributed by atoms with van der Waals surface area (Å²) in [6.45, 7) is 0. The van der Waals surface area contributed by atoms with E-state index in [1.165, 1.54) is 19.3 Å². The van der Waals surface area contributed by atoms with E-state index in [0.717, 1.165) is 18.5 Å². The van der Waals surface area contributed by atoms with Crippen molar-refractivity contribution in [1.82, 2.24) is 10.3 Å². The fourth-order valence-corrected chi connectivity index (χ4v) is 2.19. The maximum atomic E-state index is 12.0. The van der Waals surface area contributed by atoms with Crippen LogP contribution in [0.2, 0.25) is 0 Å². The van der Waals surface area contributed by atoms with E-state index in [9.17, 15) is 4.79 Å². The second kappa shape index (κ2) is 5.66.